The second-order valence-corrected chi connectivity index (χ2v) is 35.7. The van der Waals surface area contributed by atoms with Crippen molar-refractivity contribution in [3.8, 4) is 0 Å². The van der Waals surface area contributed by atoms with Crippen LogP contribution in [0.1, 0.15) is 100 Å². The molecule has 13 aliphatic heterocycles. The molecule has 46 heteroatoms. The van der Waals surface area contributed by atoms with Crippen LogP contribution < -0.4 is 52.4 Å². The van der Waals surface area contributed by atoms with Gasteiger partial charge < -0.3 is 120 Å². The van der Waals surface area contributed by atoms with Gasteiger partial charge in [0.05, 0.1) is 85.5 Å². The lowest BCUT2D eigenvalue weighted by Crippen LogP contribution is -2.57. The zero-order valence-corrected chi connectivity index (χ0v) is 73.6. The number of carbonyl (C=O) groups excluding carboxylic acids is 5. The van der Waals surface area contributed by atoms with Gasteiger partial charge in [-0.15, -0.1) is 0 Å². The minimum Gasteiger partial charge on any atom is -0.394 e. The molecule has 1 aromatic carbocycles. The maximum atomic E-state index is 12.8. The van der Waals surface area contributed by atoms with Gasteiger partial charge in [0.2, 0.25) is 0 Å². The van der Waals surface area contributed by atoms with Crippen LogP contribution in [-0.4, -0.2) is 361 Å². The van der Waals surface area contributed by atoms with Crippen LogP contribution in [0.2, 0.25) is 0 Å². The van der Waals surface area contributed by atoms with Crippen LogP contribution >= 0.6 is 0 Å². The van der Waals surface area contributed by atoms with E-state index in [0.29, 0.717) is 60.0 Å². The predicted octanol–water partition coefficient (Wildman–Crippen LogP) is -2.16. The molecule has 18 heterocycles. The molecule has 20 atom stereocenters. The first kappa shape index (κ1) is 96.1. The predicted molar refractivity (Wildman–Crippen MR) is 466 cm³/mol. The fraction of sp³-hybridized carbons (Fsp3) is 0.581. The smallest absolute Gasteiger partial charge is 0.325 e. The molecule has 46 nitrogen and oxygen atoms in total. The first-order valence-corrected chi connectivity index (χ1v) is 43.8. The van der Waals surface area contributed by atoms with Crippen LogP contribution in [0, 0.1) is 0 Å². The van der Waals surface area contributed by atoms with Gasteiger partial charge in [-0.2, -0.15) is 0 Å². The summed E-state index contributed by atoms with van der Waals surface area (Å²) in [6, 6.07) is 18.7. The van der Waals surface area contributed by atoms with E-state index >= 15 is 0 Å². The molecule has 132 heavy (non-hydrogen) atoms. The van der Waals surface area contributed by atoms with Gasteiger partial charge in [-0.25, -0.2) is 38.9 Å². The van der Waals surface area contributed by atoms with E-state index < -0.39 is 183 Å². The van der Waals surface area contributed by atoms with Crippen molar-refractivity contribution in [1.82, 2.24) is 48.6 Å². The Labute approximate surface area is 756 Å². The second-order valence-electron chi connectivity index (χ2n) is 35.7. The largest absolute Gasteiger partial charge is 0.394 e. The van der Waals surface area contributed by atoms with E-state index in [9.17, 15) is 110 Å². The lowest BCUT2D eigenvalue weighted by Gasteiger charge is -2.40. The number of carbonyl (C=O) groups is 5. The number of urea groups is 5. The molecule has 0 radical (unpaired) electrons. The van der Waals surface area contributed by atoms with Gasteiger partial charge in [-0.05, 0) is 103 Å². The average molecular weight is 1850 g/mol. The number of ether oxygens (including phenoxy) is 6. The molecular weight excluding hydrogens is 1730 g/mol. The topological polar surface area (TPSA) is 613 Å². The van der Waals surface area contributed by atoms with Crippen molar-refractivity contribution in [1.29, 1.82) is 0 Å². The number of fused-ring (bicyclic) bond motifs is 5. The Kier molecular flexibility index (Phi) is 28.3. The Hall–Kier alpha value is -10.5. The quantitative estimate of drug-likeness (QED) is 0.0520. The van der Waals surface area contributed by atoms with Gasteiger partial charge in [0.1, 0.15) is 118 Å². The zero-order chi connectivity index (χ0) is 94.5. The van der Waals surface area contributed by atoms with Gasteiger partial charge in [0, 0.05) is 122 Å². The maximum Gasteiger partial charge on any atom is 0.325 e. The number of nitrogens with one attached hydrogen (secondary N) is 5. The minimum atomic E-state index is -1.76. The average Bonchev–Trinajstić information content (AvgIpc) is 1.61. The van der Waals surface area contributed by atoms with Crippen LogP contribution in [0.25, 0.3) is 0 Å². The number of nitrogens with zero attached hydrogens (tertiary/aromatic N) is 13. The summed E-state index contributed by atoms with van der Waals surface area (Å²) in [5.41, 5.74) is -1.37. The summed E-state index contributed by atoms with van der Waals surface area (Å²) >= 11 is 0. The fourth-order valence-corrected chi connectivity index (χ4v) is 19.0. The van der Waals surface area contributed by atoms with Crippen molar-refractivity contribution in [3.05, 3.63) is 145 Å². The minimum absolute atomic E-state index is 0.0714. The molecule has 10 amide bonds. The van der Waals surface area contributed by atoms with Gasteiger partial charge in [-0.1, -0.05) is 30.3 Å². The Morgan fingerprint density at radius 1 is 0.364 bits per heavy atom. The summed E-state index contributed by atoms with van der Waals surface area (Å²) in [5, 5.41) is 164. The van der Waals surface area contributed by atoms with E-state index in [1.807, 2.05) is 48.5 Å². The number of anilines is 8. The standard InChI is InChI=1S/C20H23N3O6.C18H26N4O5.C17H24N4O6.C17H24N4O5.C14H19N3O6/c1-20(28)16(26)14(11-24)29-18(20)23-10-13-7-8-15(25)22(17(13)21-19(23)27)9-12-5-3-2-4-6-12;1-18(26)14(24)13(10-23)27-16(18)22-9-11-12(21-7-3-2-4-8-21)5-6-19-15(11)20-17(22)25;1-17(25)13(23)12(9-22)27-15(17)21-8-10-11(20-4-6-26-7-5-20)2-3-18-14(10)19-16(21)24;1-17(25)13(23)12(9-22)26-15(17)21-8-10-11(20-6-2-3-7-20)4-5-18-14(10)19-16(21)24;1-14(22)10(20)8(6-18)23-12(14)17-5-7-3-4-9(19)16(2)11(7)15-13(17)21/h2-8,14,16,18,24,26,28H,9-11H2,1H3,(H,21,27);5-6,13-14,16,23-24,26H,2-4,7-10H2,1H3,(H,19,20,25);2-3,12-13,15,22-23,25H,4-9H2,1H3,(H,18,19,24);4-5,12-13,15,22-23,25H,2-3,6-9H2,1H3,(H,18,19,24);3-4,8,10,12,18,20,22H,5-6H2,1-2H3,(H,15,21)/t14-,16-,18-,20-;13-,14-,16-,18-;2*12-,13-,15-,17-;8-,10-,12-,14-/m11111/s1. The van der Waals surface area contributed by atoms with Crippen LogP contribution in [-0.2, 0) is 74.7 Å². The van der Waals surface area contributed by atoms with Gasteiger partial charge in [-0.3, -0.25) is 69.8 Å². The molecule has 5 aromatic heterocycles. The maximum absolute atomic E-state index is 12.8. The molecule has 6 aromatic rings. The van der Waals surface area contributed by atoms with Crippen LogP contribution in [0.15, 0.2) is 101 Å². The fourth-order valence-electron chi connectivity index (χ4n) is 19.0. The van der Waals surface area contributed by atoms with Gasteiger partial charge >= 0.3 is 30.2 Å². The molecule has 718 valence electrons. The third-order valence-corrected chi connectivity index (χ3v) is 26.6. The summed E-state index contributed by atoms with van der Waals surface area (Å²) < 4.78 is 36.1. The van der Waals surface area contributed by atoms with Crippen LogP contribution in [0.4, 0.5) is 70.1 Å². The summed E-state index contributed by atoms with van der Waals surface area (Å²) in [6.07, 6.45) is -6.24. The Bertz CT molecular complexity index is 5190. The number of rotatable bonds is 15. The summed E-state index contributed by atoms with van der Waals surface area (Å²) in [6.45, 7) is 12.2. The normalized spacial score (nSPS) is 32.7. The monoisotopic (exact) mass is 1850 g/mol. The van der Waals surface area contributed by atoms with Crippen LogP contribution in [0.5, 0.6) is 0 Å². The highest BCUT2D eigenvalue weighted by Crippen LogP contribution is 2.45. The van der Waals surface area contributed by atoms with E-state index in [-0.39, 0.29) is 43.8 Å². The third kappa shape index (κ3) is 18.3. The number of benzene rings is 1. The molecule has 0 unspecified atom stereocenters. The van der Waals surface area contributed by atoms with Crippen molar-refractivity contribution >= 4 is 76.3 Å². The van der Waals surface area contributed by atoms with E-state index in [2.05, 4.69) is 56.2 Å². The molecule has 8 fully saturated rings. The van der Waals surface area contributed by atoms with Crippen molar-refractivity contribution in [3.63, 3.8) is 0 Å². The molecule has 8 saturated heterocycles. The number of aliphatic hydroxyl groups is 15. The van der Waals surface area contributed by atoms with E-state index in [4.69, 9.17) is 28.4 Å². The third-order valence-electron chi connectivity index (χ3n) is 26.6. The Morgan fingerprint density at radius 2 is 0.659 bits per heavy atom. The van der Waals surface area contributed by atoms with E-state index in [1.165, 1.54) is 86.8 Å². The lowest BCUT2D eigenvalue weighted by molar-refractivity contribution is -0.120. The molecule has 0 saturated carbocycles. The van der Waals surface area contributed by atoms with Gasteiger partial charge in [0.25, 0.3) is 11.1 Å². The number of amides is 10. The molecule has 20 N–H and O–H groups in total. The summed E-state index contributed by atoms with van der Waals surface area (Å²) in [5.74, 6) is 2.26. The van der Waals surface area contributed by atoms with Crippen molar-refractivity contribution in [2.45, 2.75) is 226 Å². The first-order valence-electron chi connectivity index (χ1n) is 43.8. The summed E-state index contributed by atoms with van der Waals surface area (Å²) in [7, 11) is 1.55. The highest BCUT2D eigenvalue weighted by atomic mass is 16.6. The molecular formula is C86H116N18O28. The van der Waals surface area contributed by atoms with Crippen molar-refractivity contribution in [2.24, 2.45) is 7.05 Å². The highest BCUT2D eigenvalue weighted by molar-refractivity contribution is 5.95. The number of aliphatic hydroxyl groups excluding tert-OH is 10. The molecule has 13 aliphatic rings. The van der Waals surface area contributed by atoms with Gasteiger partial charge in [0.15, 0.2) is 31.1 Å². The number of piperidine rings is 1. The first-order chi connectivity index (χ1) is 62.9. The van der Waals surface area contributed by atoms with E-state index in [1.54, 1.807) is 37.8 Å². The number of morpholine rings is 1. The van der Waals surface area contributed by atoms with Crippen molar-refractivity contribution < 1.29 is 129 Å². The van der Waals surface area contributed by atoms with Crippen LogP contribution in [0.3, 0.4) is 0 Å². The highest BCUT2D eigenvalue weighted by Gasteiger charge is 2.61. The van der Waals surface area contributed by atoms with E-state index in [0.717, 1.165) is 104 Å². The molecule has 0 aliphatic carbocycles. The molecule has 0 bridgehead atoms. The Morgan fingerprint density at radius 3 is 0.992 bits per heavy atom. The number of pyridine rings is 5. The zero-order valence-electron chi connectivity index (χ0n) is 73.6. The number of hydrogen-bond donors (Lipinski definition) is 20. The number of hydrogen-bond acceptors (Lipinski definition) is 34. The van der Waals surface area contributed by atoms with Crippen molar-refractivity contribution in [2.75, 3.05) is 127 Å². The lowest BCUT2D eigenvalue weighted by atomic mass is 9.95. The Balaban J connectivity index is 0.000000126. The summed E-state index contributed by atoms with van der Waals surface area (Å²) in [4.78, 5) is 113. The number of aromatic nitrogens is 5. The molecule has 0 spiro atoms. The SMILES string of the molecule is C[C@@]1(O)[C@H](O)[C@@H](CO)O[C@H]1N1Cc2c(N3CCCC3)ccnc2NC1=O.C[C@@]1(O)[C@H](O)[C@@H](CO)O[C@H]1N1Cc2c(N3CCCCC3)ccnc2NC1=O.C[C@@]1(O)[C@H](O)[C@@H](CO)O[C@H]1N1Cc2c(N3CCOCC3)ccnc2NC1=O.C[C@@]1(O)[C@H](O)[C@@H](CO)O[C@H]1N1Cc2ccc(=O)n(Cc3ccccc3)c2NC1=O.Cn1c2c(ccc1=O)CN([C@@H]1O[C@H](CO)[C@@H](O)[C@@]1(C)O)C(=O)N2. The second kappa shape index (κ2) is 38.8. The molecule has 19 rings (SSSR count).